The Hall–Kier alpha value is -1.68. The standard InChI is InChI=1S/C13H16FN3/c1-3-12-11(8-17(2)16-12)13(15)9-4-6-10(14)7-5-9/h4-8,13H,3,15H2,1-2H3. The van der Waals surface area contributed by atoms with Gasteiger partial charge in [0.2, 0.25) is 0 Å². The zero-order valence-electron chi connectivity index (χ0n) is 10.0. The topological polar surface area (TPSA) is 43.8 Å². The van der Waals surface area contributed by atoms with E-state index in [0.29, 0.717) is 0 Å². The third-order valence-electron chi connectivity index (χ3n) is 2.84. The molecule has 0 aliphatic carbocycles. The molecular formula is C13H16FN3. The van der Waals surface area contributed by atoms with Crippen molar-refractivity contribution in [1.82, 2.24) is 9.78 Å². The molecule has 1 aromatic heterocycles. The van der Waals surface area contributed by atoms with Crippen molar-refractivity contribution in [2.24, 2.45) is 12.8 Å². The molecule has 0 bridgehead atoms. The summed E-state index contributed by atoms with van der Waals surface area (Å²) in [7, 11) is 1.88. The maximum atomic E-state index is 12.8. The fraction of sp³-hybridized carbons (Fsp3) is 0.308. The Balaban J connectivity index is 2.35. The van der Waals surface area contributed by atoms with E-state index in [1.54, 1.807) is 16.8 Å². The molecular weight excluding hydrogens is 217 g/mol. The van der Waals surface area contributed by atoms with Crippen molar-refractivity contribution < 1.29 is 4.39 Å². The maximum Gasteiger partial charge on any atom is 0.123 e. The number of rotatable bonds is 3. The van der Waals surface area contributed by atoms with Gasteiger partial charge in [0.25, 0.3) is 0 Å². The van der Waals surface area contributed by atoms with Crippen molar-refractivity contribution in [3.8, 4) is 0 Å². The number of nitrogens with two attached hydrogens (primary N) is 1. The highest BCUT2D eigenvalue weighted by Gasteiger charge is 2.15. The van der Waals surface area contributed by atoms with Crippen LogP contribution in [0.2, 0.25) is 0 Å². The molecule has 1 atom stereocenters. The third kappa shape index (κ3) is 2.36. The van der Waals surface area contributed by atoms with E-state index in [1.807, 2.05) is 20.2 Å². The van der Waals surface area contributed by atoms with Crippen molar-refractivity contribution in [2.45, 2.75) is 19.4 Å². The van der Waals surface area contributed by atoms with Gasteiger partial charge in [-0.3, -0.25) is 4.68 Å². The Bertz CT molecular complexity index is 502. The summed E-state index contributed by atoms with van der Waals surface area (Å²) in [5.41, 5.74) is 9.07. The van der Waals surface area contributed by atoms with Crippen LogP contribution in [0.15, 0.2) is 30.5 Å². The van der Waals surface area contributed by atoms with Crippen molar-refractivity contribution in [3.05, 3.63) is 53.1 Å². The van der Waals surface area contributed by atoms with Gasteiger partial charge in [-0.2, -0.15) is 5.10 Å². The molecule has 0 saturated carbocycles. The Labute approximate surface area is 100 Å². The summed E-state index contributed by atoms with van der Waals surface area (Å²) in [6.45, 7) is 2.04. The normalized spacial score (nSPS) is 12.7. The minimum atomic E-state index is -0.251. The van der Waals surface area contributed by atoms with Gasteiger partial charge < -0.3 is 5.73 Å². The van der Waals surface area contributed by atoms with Crippen molar-refractivity contribution in [1.29, 1.82) is 0 Å². The van der Waals surface area contributed by atoms with E-state index in [-0.39, 0.29) is 11.9 Å². The lowest BCUT2D eigenvalue weighted by molar-refractivity contribution is 0.626. The molecule has 0 spiro atoms. The van der Waals surface area contributed by atoms with Crippen molar-refractivity contribution in [2.75, 3.05) is 0 Å². The first-order valence-electron chi connectivity index (χ1n) is 5.65. The molecule has 0 radical (unpaired) electrons. The second kappa shape index (κ2) is 4.67. The highest BCUT2D eigenvalue weighted by atomic mass is 19.1. The second-order valence-electron chi connectivity index (χ2n) is 4.09. The average Bonchev–Trinajstić information content (AvgIpc) is 2.70. The van der Waals surface area contributed by atoms with Crippen LogP contribution in [0.4, 0.5) is 4.39 Å². The first-order valence-corrected chi connectivity index (χ1v) is 5.65. The fourth-order valence-electron chi connectivity index (χ4n) is 1.94. The predicted molar refractivity (Wildman–Crippen MR) is 65.0 cm³/mol. The molecule has 2 rings (SSSR count). The van der Waals surface area contributed by atoms with Gasteiger partial charge in [-0.15, -0.1) is 0 Å². The summed E-state index contributed by atoms with van der Waals surface area (Å²) in [5, 5.41) is 4.36. The Morgan fingerprint density at radius 1 is 1.35 bits per heavy atom. The van der Waals surface area contributed by atoms with Crippen LogP contribution in [-0.2, 0) is 13.5 Å². The van der Waals surface area contributed by atoms with Crippen LogP contribution in [0.25, 0.3) is 0 Å². The van der Waals surface area contributed by atoms with Crippen LogP contribution < -0.4 is 5.73 Å². The quantitative estimate of drug-likeness (QED) is 0.883. The van der Waals surface area contributed by atoms with Crippen LogP contribution in [0.3, 0.4) is 0 Å². The molecule has 1 heterocycles. The number of nitrogens with zero attached hydrogens (tertiary/aromatic N) is 2. The van der Waals surface area contributed by atoms with E-state index in [0.717, 1.165) is 23.2 Å². The van der Waals surface area contributed by atoms with E-state index in [9.17, 15) is 4.39 Å². The number of hydrogen-bond donors (Lipinski definition) is 1. The van der Waals surface area contributed by atoms with Crippen LogP contribution in [0.5, 0.6) is 0 Å². The molecule has 3 nitrogen and oxygen atoms in total. The highest BCUT2D eigenvalue weighted by molar-refractivity contribution is 5.32. The number of halogens is 1. The number of aryl methyl sites for hydroxylation is 2. The molecule has 2 aromatic rings. The van der Waals surface area contributed by atoms with Gasteiger partial charge in [-0.25, -0.2) is 4.39 Å². The van der Waals surface area contributed by atoms with E-state index in [1.165, 1.54) is 12.1 Å². The second-order valence-corrected chi connectivity index (χ2v) is 4.09. The Morgan fingerprint density at radius 3 is 2.59 bits per heavy atom. The molecule has 1 unspecified atom stereocenters. The SMILES string of the molecule is CCc1nn(C)cc1C(N)c1ccc(F)cc1. The summed E-state index contributed by atoms with van der Waals surface area (Å²) < 4.78 is 14.6. The molecule has 1 aromatic carbocycles. The van der Waals surface area contributed by atoms with E-state index in [2.05, 4.69) is 5.10 Å². The first kappa shape index (κ1) is 11.8. The lowest BCUT2D eigenvalue weighted by atomic mass is 9.99. The minimum absolute atomic E-state index is 0.247. The molecule has 0 fully saturated rings. The molecule has 0 aliphatic heterocycles. The largest absolute Gasteiger partial charge is 0.320 e. The Morgan fingerprint density at radius 2 is 2.00 bits per heavy atom. The van der Waals surface area contributed by atoms with Crippen molar-refractivity contribution >= 4 is 0 Å². The lowest BCUT2D eigenvalue weighted by Gasteiger charge is -2.11. The van der Waals surface area contributed by atoms with Gasteiger partial charge in [0.05, 0.1) is 11.7 Å². The van der Waals surface area contributed by atoms with Crippen LogP contribution in [0, 0.1) is 5.82 Å². The Kier molecular flexibility index (Phi) is 3.24. The summed E-state index contributed by atoms with van der Waals surface area (Å²) in [4.78, 5) is 0. The monoisotopic (exact) mass is 233 g/mol. The molecule has 0 saturated heterocycles. The van der Waals surface area contributed by atoms with Gasteiger partial charge in [0.1, 0.15) is 5.82 Å². The molecule has 0 amide bonds. The molecule has 2 N–H and O–H groups in total. The lowest BCUT2D eigenvalue weighted by Crippen LogP contribution is -2.13. The van der Waals surface area contributed by atoms with Crippen LogP contribution in [0.1, 0.15) is 29.8 Å². The molecule has 4 heteroatoms. The van der Waals surface area contributed by atoms with E-state index in [4.69, 9.17) is 5.73 Å². The molecule has 17 heavy (non-hydrogen) atoms. The number of hydrogen-bond acceptors (Lipinski definition) is 2. The zero-order chi connectivity index (χ0) is 12.4. The predicted octanol–water partition coefficient (Wildman–Crippen LogP) is 2.17. The number of aromatic nitrogens is 2. The van der Waals surface area contributed by atoms with E-state index >= 15 is 0 Å². The average molecular weight is 233 g/mol. The summed E-state index contributed by atoms with van der Waals surface area (Å²) in [6.07, 6.45) is 2.76. The van der Waals surface area contributed by atoms with E-state index < -0.39 is 0 Å². The fourth-order valence-corrected chi connectivity index (χ4v) is 1.94. The summed E-state index contributed by atoms with van der Waals surface area (Å²) in [5.74, 6) is -0.247. The van der Waals surface area contributed by atoms with Gasteiger partial charge in [0.15, 0.2) is 0 Å². The summed E-state index contributed by atoms with van der Waals surface area (Å²) in [6, 6.07) is 6.03. The van der Waals surface area contributed by atoms with Crippen molar-refractivity contribution in [3.63, 3.8) is 0 Å². The minimum Gasteiger partial charge on any atom is -0.320 e. The van der Waals surface area contributed by atoms with Gasteiger partial charge in [-0.1, -0.05) is 19.1 Å². The first-order chi connectivity index (χ1) is 8.11. The highest BCUT2D eigenvalue weighted by Crippen LogP contribution is 2.22. The third-order valence-corrected chi connectivity index (χ3v) is 2.84. The summed E-state index contributed by atoms with van der Waals surface area (Å²) >= 11 is 0. The molecule has 0 aliphatic rings. The number of benzene rings is 1. The van der Waals surface area contributed by atoms with Crippen LogP contribution >= 0.6 is 0 Å². The zero-order valence-corrected chi connectivity index (χ0v) is 10.0. The van der Waals surface area contributed by atoms with Crippen LogP contribution in [-0.4, -0.2) is 9.78 Å². The van der Waals surface area contributed by atoms with Gasteiger partial charge >= 0.3 is 0 Å². The maximum absolute atomic E-state index is 12.8. The molecule has 90 valence electrons. The smallest absolute Gasteiger partial charge is 0.123 e. The van der Waals surface area contributed by atoms with Gasteiger partial charge in [0, 0.05) is 18.8 Å². The van der Waals surface area contributed by atoms with Gasteiger partial charge in [-0.05, 0) is 24.1 Å².